The van der Waals surface area contributed by atoms with Gasteiger partial charge in [0, 0.05) is 5.92 Å². The zero-order valence-electron chi connectivity index (χ0n) is 17.5. The topological polar surface area (TPSA) is 43.4 Å². The van der Waals surface area contributed by atoms with Crippen LogP contribution in [0.2, 0.25) is 0 Å². The van der Waals surface area contributed by atoms with Crippen LogP contribution >= 0.6 is 0 Å². The summed E-state index contributed by atoms with van der Waals surface area (Å²) in [5.74, 6) is -1.85. The molecule has 0 radical (unpaired) electrons. The highest BCUT2D eigenvalue weighted by molar-refractivity contribution is 6.00. The van der Waals surface area contributed by atoms with Crippen LogP contribution in [0.15, 0.2) is 54.6 Å². The molecule has 2 aromatic rings. The zero-order valence-corrected chi connectivity index (χ0v) is 17.5. The number of carbonyl (C=O) groups is 2. The summed E-state index contributed by atoms with van der Waals surface area (Å²) < 4.78 is 44.3. The third kappa shape index (κ3) is 5.96. The van der Waals surface area contributed by atoms with E-state index < -0.39 is 23.6 Å². The second kappa shape index (κ2) is 10.1. The van der Waals surface area contributed by atoms with E-state index in [4.69, 9.17) is 4.74 Å². The first kappa shape index (κ1) is 23.0. The third-order valence-electron chi connectivity index (χ3n) is 6.01. The molecule has 0 amide bonds. The quantitative estimate of drug-likeness (QED) is 0.400. The van der Waals surface area contributed by atoms with E-state index in [1.165, 1.54) is 17.7 Å². The Morgan fingerprint density at radius 2 is 1.68 bits per heavy atom. The van der Waals surface area contributed by atoms with Gasteiger partial charge in [-0.2, -0.15) is 13.2 Å². The summed E-state index contributed by atoms with van der Waals surface area (Å²) in [6.07, 6.45) is -1.54. The number of ketones is 1. The van der Waals surface area contributed by atoms with Crippen molar-refractivity contribution >= 4 is 11.8 Å². The molecule has 1 unspecified atom stereocenters. The Balaban J connectivity index is 1.72. The standard InChI is InChI=1S/C25H27F3O3/c1-2-31-24(30)22(16-17-7-6-10-21(15-17)25(26,27)28)23(29)20-13-11-19(12-14-20)18-8-4-3-5-9-18/h3-10,15,19-20,22H,2,11-14,16H2,1H3. The lowest BCUT2D eigenvalue weighted by Gasteiger charge is -2.30. The first-order chi connectivity index (χ1) is 14.8. The van der Waals surface area contributed by atoms with Gasteiger partial charge in [0.2, 0.25) is 0 Å². The maximum atomic E-state index is 13.2. The van der Waals surface area contributed by atoms with Gasteiger partial charge in [-0.15, -0.1) is 0 Å². The van der Waals surface area contributed by atoms with Crippen LogP contribution in [-0.2, 0) is 26.9 Å². The Kier molecular flexibility index (Phi) is 7.52. The van der Waals surface area contributed by atoms with E-state index in [1.807, 2.05) is 18.2 Å². The zero-order chi connectivity index (χ0) is 22.4. The molecule has 31 heavy (non-hydrogen) atoms. The SMILES string of the molecule is CCOC(=O)C(Cc1cccc(C(F)(F)F)c1)C(=O)C1CCC(c2ccccc2)CC1. The molecule has 1 aliphatic carbocycles. The molecule has 166 valence electrons. The van der Waals surface area contributed by atoms with Crippen molar-refractivity contribution in [2.45, 2.75) is 51.1 Å². The van der Waals surface area contributed by atoms with Gasteiger partial charge >= 0.3 is 12.1 Å². The monoisotopic (exact) mass is 432 g/mol. The molecule has 0 N–H and O–H groups in total. The van der Waals surface area contributed by atoms with E-state index in [1.54, 1.807) is 6.92 Å². The Bertz CT molecular complexity index is 884. The normalized spacial score (nSPS) is 20.1. The van der Waals surface area contributed by atoms with Crippen LogP contribution in [0.25, 0.3) is 0 Å². The van der Waals surface area contributed by atoms with Crippen LogP contribution in [0.5, 0.6) is 0 Å². The molecule has 0 saturated heterocycles. The predicted molar refractivity (Wildman–Crippen MR) is 111 cm³/mol. The Labute approximate surface area is 180 Å². The number of hydrogen-bond acceptors (Lipinski definition) is 3. The van der Waals surface area contributed by atoms with Crippen LogP contribution in [0.3, 0.4) is 0 Å². The van der Waals surface area contributed by atoms with Crippen molar-refractivity contribution in [2.75, 3.05) is 6.61 Å². The van der Waals surface area contributed by atoms with E-state index in [0.29, 0.717) is 24.3 Å². The number of carbonyl (C=O) groups excluding carboxylic acids is 2. The summed E-state index contributed by atoms with van der Waals surface area (Å²) in [6, 6.07) is 14.9. The molecule has 1 aliphatic rings. The predicted octanol–water partition coefficient (Wildman–Crippen LogP) is 5.97. The van der Waals surface area contributed by atoms with Gasteiger partial charge in [-0.1, -0.05) is 48.5 Å². The summed E-state index contributed by atoms with van der Waals surface area (Å²) in [5, 5.41) is 0. The molecule has 3 rings (SSSR count). The number of rotatable bonds is 7. The Hall–Kier alpha value is -2.63. The van der Waals surface area contributed by atoms with Crippen LogP contribution < -0.4 is 0 Å². The number of ether oxygens (including phenoxy) is 1. The molecule has 1 saturated carbocycles. The first-order valence-electron chi connectivity index (χ1n) is 10.7. The lowest BCUT2D eigenvalue weighted by molar-refractivity contribution is -0.152. The van der Waals surface area contributed by atoms with Crippen LogP contribution in [0.4, 0.5) is 13.2 Å². The van der Waals surface area contributed by atoms with Crippen molar-refractivity contribution in [3.63, 3.8) is 0 Å². The molecule has 1 fully saturated rings. The highest BCUT2D eigenvalue weighted by Crippen LogP contribution is 2.37. The number of esters is 1. The maximum absolute atomic E-state index is 13.2. The summed E-state index contributed by atoms with van der Waals surface area (Å²) in [6.45, 7) is 1.76. The van der Waals surface area contributed by atoms with E-state index in [9.17, 15) is 22.8 Å². The van der Waals surface area contributed by atoms with Gasteiger partial charge in [0.15, 0.2) is 5.78 Å². The average Bonchev–Trinajstić information content (AvgIpc) is 2.77. The number of hydrogen-bond donors (Lipinski definition) is 0. The fraction of sp³-hybridized carbons (Fsp3) is 0.440. The van der Waals surface area contributed by atoms with Gasteiger partial charge in [0.25, 0.3) is 0 Å². The third-order valence-corrected chi connectivity index (χ3v) is 6.01. The molecule has 0 heterocycles. The molecule has 0 bridgehead atoms. The van der Waals surface area contributed by atoms with E-state index in [0.717, 1.165) is 25.0 Å². The highest BCUT2D eigenvalue weighted by atomic mass is 19.4. The number of Topliss-reactive ketones (excluding diaryl/α,β-unsaturated/α-hetero) is 1. The second-order valence-corrected chi connectivity index (χ2v) is 8.07. The van der Waals surface area contributed by atoms with Crippen molar-refractivity contribution < 1.29 is 27.5 Å². The smallest absolute Gasteiger partial charge is 0.416 e. The van der Waals surface area contributed by atoms with Gasteiger partial charge in [0.1, 0.15) is 5.92 Å². The lowest BCUT2D eigenvalue weighted by atomic mass is 9.74. The van der Waals surface area contributed by atoms with Gasteiger partial charge in [-0.3, -0.25) is 9.59 Å². The lowest BCUT2D eigenvalue weighted by Crippen LogP contribution is -2.34. The van der Waals surface area contributed by atoms with Crippen molar-refractivity contribution in [1.29, 1.82) is 0 Å². The Morgan fingerprint density at radius 3 is 2.29 bits per heavy atom. The average molecular weight is 432 g/mol. The maximum Gasteiger partial charge on any atom is 0.416 e. The number of benzene rings is 2. The molecule has 0 spiro atoms. The van der Waals surface area contributed by atoms with Crippen molar-refractivity contribution in [3.05, 3.63) is 71.3 Å². The summed E-state index contributed by atoms with van der Waals surface area (Å²) >= 11 is 0. The van der Waals surface area contributed by atoms with Crippen molar-refractivity contribution in [1.82, 2.24) is 0 Å². The van der Waals surface area contributed by atoms with E-state index in [-0.39, 0.29) is 24.7 Å². The molecule has 0 aromatic heterocycles. The second-order valence-electron chi connectivity index (χ2n) is 8.07. The first-order valence-corrected chi connectivity index (χ1v) is 10.7. The largest absolute Gasteiger partial charge is 0.465 e. The molecule has 2 aromatic carbocycles. The minimum Gasteiger partial charge on any atom is -0.465 e. The van der Waals surface area contributed by atoms with Gasteiger partial charge in [-0.05, 0) is 62.1 Å². The van der Waals surface area contributed by atoms with E-state index in [2.05, 4.69) is 12.1 Å². The van der Waals surface area contributed by atoms with Crippen LogP contribution in [0.1, 0.15) is 55.2 Å². The number of halogens is 3. The van der Waals surface area contributed by atoms with Crippen molar-refractivity contribution in [2.24, 2.45) is 11.8 Å². The van der Waals surface area contributed by atoms with E-state index >= 15 is 0 Å². The molecule has 1 atom stereocenters. The summed E-state index contributed by atoms with van der Waals surface area (Å²) in [4.78, 5) is 25.8. The van der Waals surface area contributed by atoms with Gasteiger partial charge in [0.05, 0.1) is 12.2 Å². The van der Waals surface area contributed by atoms with Gasteiger partial charge < -0.3 is 4.74 Å². The Morgan fingerprint density at radius 1 is 1.00 bits per heavy atom. The fourth-order valence-electron chi connectivity index (χ4n) is 4.37. The highest BCUT2D eigenvalue weighted by Gasteiger charge is 2.36. The van der Waals surface area contributed by atoms with Crippen LogP contribution in [-0.4, -0.2) is 18.4 Å². The molecule has 3 nitrogen and oxygen atoms in total. The summed E-state index contributed by atoms with van der Waals surface area (Å²) in [5.41, 5.74) is 0.766. The molecular formula is C25H27F3O3. The fourth-order valence-corrected chi connectivity index (χ4v) is 4.37. The minimum absolute atomic E-state index is 0.0831. The van der Waals surface area contributed by atoms with Crippen LogP contribution in [0, 0.1) is 11.8 Å². The summed E-state index contributed by atoms with van der Waals surface area (Å²) in [7, 11) is 0. The molecule has 0 aliphatic heterocycles. The number of alkyl halides is 3. The molecular weight excluding hydrogens is 405 g/mol. The molecule has 6 heteroatoms. The van der Waals surface area contributed by atoms with Crippen molar-refractivity contribution in [3.8, 4) is 0 Å². The minimum atomic E-state index is -4.48. The van der Waals surface area contributed by atoms with Gasteiger partial charge in [-0.25, -0.2) is 0 Å².